The van der Waals surface area contributed by atoms with Gasteiger partial charge in [-0.15, -0.1) is 0 Å². The van der Waals surface area contributed by atoms with Crippen LogP contribution in [0.4, 0.5) is 5.69 Å². The molecule has 1 aliphatic heterocycles. The smallest absolute Gasteiger partial charge is 0.338 e. The van der Waals surface area contributed by atoms with E-state index in [1.54, 1.807) is 48.5 Å². The fourth-order valence-electron chi connectivity index (χ4n) is 2.96. The third-order valence-corrected chi connectivity index (χ3v) is 4.38. The van der Waals surface area contributed by atoms with Crippen LogP contribution in [-0.4, -0.2) is 35.9 Å². The molecule has 1 fully saturated rings. The van der Waals surface area contributed by atoms with Crippen LogP contribution in [0, 0.1) is 5.92 Å². The Balaban J connectivity index is 1.59. The minimum Gasteiger partial charge on any atom is -0.462 e. The van der Waals surface area contributed by atoms with E-state index in [9.17, 15) is 14.4 Å². The molecular weight excluding hydrogens is 346 g/mol. The van der Waals surface area contributed by atoms with Crippen molar-refractivity contribution in [3.8, 4) is 0 Å². The Morgan fingerprint density at radius 1 is 1.26 bits per heavy atom. The van der Waals surface area contributed by atoms with Gasteiger partial charge in [0.05, 0.1) is 18.1 Å². The van der Waals surface area contributed by atoms with Crippen LogP contribution in [0.1, 0.15) is 29.3 Å². The normalized spacial score (nSPS) is 16.3. The molecule has 1 aromatic heterocycles. The number of benzene rings is 1. The van der Waals surface area contributed by atoms with Gasteiger partial charge in [0.25, 0.3) is 0 Å². The van der Waals surface area contributed by atoms with Crippen molar-refractivity contribution in [2.75, 3.05) is 18.1 Å². The molecule has 0 saturated carbocycles. The number of ether oxygens (including phenoxy) is 1. The standard InChI is InChI=1S/C20H21N3O4/c1-2-27-20(26)15-5-7-17(8-6-15)23-13-16(10-18(23)24)19(25)22-12-14-4-3-9-21-11-14/h3-9,11,16H,2,10,12-13H2,1H3,(H,22,25)/t16-/m0/s1. The number of carbonyl (C=O) groups excluding carboxylic acids is 3. The zero-order valence-electron chi connectivity index (χ0n) is 15.1. The van der Waals surface area contributed by atoms with Gasteiger partial charge in [0.1, 0.15) is 0 Å². The van der Waals surface area contributed by atoms with Crippen molar-refractivity contribution < 1.29 is 19.1 Å². The Morgan fingerprint density at radius 2 is 2.04 bits per heavy atom. The molecule has 1 aliphatic rings. The number of carbonyl (C=O) groups is 3. The molecule has 2 heterocycles. The largest absolute Gasteiger partial charge is 0.462 e. The molecule has 27 heavy (non-hydrogen) atoms. The van der Waals surface area contributed by atoms with Crippen LogP contribution in [0.5, 0.6) is 0 Å². The van der Waals surface area contributed by atoms with Crippen molar-refractivity contribution in [1.82, 2.24) is 10.3 Å². The molecule has 0 spiro atoms. The predicted octanol–water partition coefficient (Wildman–Crippen LogP) is 1.93. The van der Waals surface area contributed by atoms with Crippen LogP contribution in [0.15, 0.2) is 48.8 Å². The maximum atomic E-state index is 12.4. The second kappa shape index (κ2) is 8.44. The molecule has 2 amide bonds. The summed E-state index contributed by atoms with van der Waals surface area (Å²) in [5.41, 5.74) is 2.00. The maximum absolute atomic E-state index is 12.4. The number of rotatable bonds is 6. The lowest BCUT2D eigenvalue weighted by molar-refractivity contribution is -0.126. The number of hydrogen-bond acceptors (Lipinski definition) is 5. The summed E-state index contributed by atoms with van der Waals surface area (Å²) >= 11 is 0. The van der Waals surface area contributed by atoms with E-state index >= 15 is 0 Å². The Morgan fingerprint density at radius 3 is 2.70 bits per heavy atom. The first-order chi connectivity index (χ1) is 13.1. The Labute approximate surface area is 157 Å². The summed E-state index contributed by atoms with van der Waals surface area (Å²) in [6.45, 7) is 2.75. The van der Waals surface area contributed by atoms with Crippen LogP contribution in [0.25, 0.3) is 0 Å². The molecule has 1 atom stereocenters. The van der Waals surface area contributed by atoms with Gasteiger partial charge in [-0.1, -0.05) is 6.07 Å². The zero-order chi connectivity index (χ0) is 19.2. The topological polar surface area (TPSA) is 88.6 Å². The van der Waals surface area contributed by atoms with Crippen molar-refractivity contribution >= 4 is 23.5 Å². The molecular formula is C20H21N3O4. The summed E-state index contributed by atoms with van der Waals surface area (Å²) in [5.74, 6) is -1.07. The molecule has 0 radical (unpaired) electrons. The Hall–Kier alpha value is -3.22. The van der Waals surface area contributed by atoms with Crippen molar-refractivity contribution in [3.63, 3.8) is 0 Å². The van der Waals surface area contributed by atoms with Gasteiger partial charge in [0.2, 0.25) is 11.8 Å². The highest BCUT2D eigenvalue weighted by Crippen LogP contribution is 2.25. The minimum atomic E-state index is -0.404. The fraction of sp³-hybridized carbons (Fsp3) is 0.300. The van der Waals surface area contributed by atoms with Crippen LogP contribution >= 0.6 is 0 Å². The van der Waals surface area contributed by atoms with Crippen LogP contribution in [-0.2, 0) is 20.9 Å². The van der Waals surface area contributed by atoms with Gasteiger partial charge in [-0.3, -0.25) is 14.6 Å². The van der Waals surface area contributed by atoms with Crippen LogP contribution < -0.4 is 10.2 Å². The number of nitrogens with one attached hydrogen (secondary N) is 1. The van der Waals surface area contributed by atoms with Gasteiger partial charge in [-0.25, -0.2) is 4.79 Å². The van der Waals surface area contributed by atoms with Crippen LogP contribution in [0.2, 0.25) is 0 Å². The van der Waals surface area contributed by atoms with E-state index in [1.165, 1.54) is 0 Å². The SMILES string of the molecule is CCOC(=O)c1ccc(N2C[C@@H](C(=O)NCc3cccnc3)CC2=O)cc1. The number of pyridine rings is 1. The van der Waals surface area contributed by atoms with Crippen molar-refractivity contribution in [2.45, 2.75) is 19.9 Å². The highest BCUT2D eigenvalue weighted by atomic mass is 16.5. The molecule has 1 saturated heterocycles. The molecule has 0 aliphatic carbocycles. The fourth-order valence-corrected chi connectivity index (χ4v) is 2.96. The monoisotopic (exact) mass is 367 g/mol. The zero-order valence-corrected chi connectivity index (χ0v) is 15.1. The number of esters is 1. The lowest BCUT2D eigenvalue weighted by Crippen LogP contribution is -2.32. The molecule has 1 aromatic carbocycles. The molecule has 3 rings (SSSR count). The van der Waals surface area contributed by atoms with E-state index < -0.39 is 11.9 Å². The van der Waals surface area contributed by atoms with Gasteiger partial charge >= 0.3 is 5.97 Å². The maximum Gasteiger partial charge on any atom is 0.338 e. The molecule has 140 valence electrons. The van der Waals surface area contributed by atoms with Crippen molar-refractivity contribution in [1.29, 1.82) is 0 Å². The third kappa shape index (κ3) is 4.49. The molecule has 7 nitrogen and oxygen atoms in total. The van der Waals surface area contributed by atoms with E-state index in [4.69, 9.17) is 4.74 Å². The Bertz CT molecular complexity index is 821. The highest BCUT2D eigenvalue weighted by molar-refractivity contribution is 6.00. The van der Waals surface area contributed by atoms with E-state index in [0.717, 1.165) is 5.56 Å². The second-order valence-corrected chi connectivity index (χ2v) is 6.25. The quantitative estimate of drug-likeness (QED) is 0.788. The summed E-state index contributed by atoms with van der Waals surface area (Å²) in [6.07, 6.45) is 3.53. The average molecular weight is 367 g/mol. The van der Waals surface area contributed by atoms with Gasteiger partial charge < -0.3 is 15.0 Å². The summed E-state index contributed by atoms with van der Waals surface area (Å²) in [5, 5.41) is 2.85. The van der Waals surface area contributed by atoms with Crippen LogP contribution in [0.3, 0.4) is 0 Å². The average Bonchev–Trinajstić information content (AvgIpc) is 3.09. The first-order valence-electron chi connectivity index (χ1n) is 8.82. The lowest BCUT2D eigenvalue weighted by Gasteiger charge is -2.17. The van der Waals surface area contributed by atoms with Gasteiger partial charge in [0.15, 0.2) is 0 Å². The van der Waals surface area contributed by atoms with Crippen molar-refractivity contribution in [2.24, 2.45) is 5.92 Å². The summed E-state index contributed by atoms with van der Waals surface area (Å²) < 4.78 is 4.95. The Kier molecular flexibility index (Phi) is 5.80. The van der Waals surface area contributed by atoms with E-state index in [2.05, 4.69) is 10.3 Å². The molecule has 0 unspecified atom stereocenters. The van der Waals surface area contributed by atoms with Crippen molar-refractivity contribution in [3.05, 3.63) is 59.9 Å². The molecule has 1 N–H and O–H groups in total. The molecule has 7 heteroatoms. The lowest BCUT2D eigenvalue weighted by atomic mass is 10.1. The van der Waals surface area contributed by atoms with E-state index in [-0.39, 0.29) is 18.2 Å². The number of nitrogens with zero attached hydrogens (tertiary/aromatic N) is 2. The first-order valence-corrected chi connectivity index (χ1v) is 8.82. The number of hydrogen-bond donors (Lipinski definition) is 1. The molecule has 0 bridgehead atoms. The second-order valence-electron chi connectivity index (χ2n) is 6.25. The van der Waals surface area contributed by atoms with Gasteiger partial charge in [-0.05, 0) is 42.8 Å². The third-order valence-electron chi connectivity index (χ3n) is 4.38. The number of anilines is 1. The predicted molar refractivity (Wildman–Crippen MR) is 98.9 cm³/mol. The highest BCUT2D eigenvalue weighted by Gasteiger charge is 2.35. The summed E-state index contributed by atoms with van der Waals surface area (Å²) in [4.78, 5) is 42.0. The van der Waals surface area contributed by atoms with E-state index in [0.29, 0.717) is 30.9 Å². The van der Waals surface area contributed by atoms with Gasteiger partial charge in [-0.2, -0.15) is 0 Å². The number of amides is 2. The summed E-state index contributed by atoms with van der Waals surface area (Å²) in [7, 11) is 0. The number of aromatic nitrogens is 1. The van der Waals surface area contributed by atoms with Gasteiger partial charge in [0, 0.05) is 37.6 Å². The first kappa shape index (κ1) is 18.6. The van der Waals surface area contributed by atoms with E-state index in [1.807, 2.05) is 12.1 Å². The molecule has 2 aromatic rings. The summed E-state index contributed by atoms with van der Waals surface area (Å²) in [6, 6.07) is 10.3. The minimum absolute atomic E-state index is 0.111.